The van der Waals surface area contributed by atoms with Gasteiger partial charge in [0.25, 0.3) is 0 Å². The van der Waals surface area contributed by atoms with Gasteiger partial charge in [0.1, 0.15) is 0 Å². The molecule has 3 aliphatic rings. The lowest BCUT2D eigenvalue weighted by Crippen LogP contribution is -2.44. The quantitative estimate of drug-likeness (QED) is 0.165. The average molecular weight is 641 g/mol. The van der Waals surface area contributed by atoms with E-state index in [1.807, 2.05) is 0 Å². The fourth-order valence-corrected chi connectivity index (χ4v) is 11.5. The van der Waals surface area contributed by atoms with Crippen molar-refractivity contribution in [3.8, 4) is 33.4 Å². The summed E-state index contributed by atoms with van der Waals surface area (Å²) in [7, 11) is 0. The van der Waals surface area contributed by atoms with Crippen molar-refractivity contribution in [1.82, 2.24) is 0 Å². The van der Waals surface area contributed by atoms with Gasteiger partial charge in [-0.3, -0.25) is 0 Å². The molecule has 0 N–H and O–H groups in total. The fourth-order valence-electron chi connectivity index (χ4n) is 11.5. The molecule has 0 heteroatoms. The summed E-state index contributed by atoms with van der Waals surface area (Å²) < 4.78 is 0. The van der Waals surface area contributed by atoms with Crippen LogP contribution in [0.2, 0.25) is 0 Å². The molecule has 0 aliphatic heterocycles. The van der Waals surface area contributed by atoms with E-state index in [1.54, 1.807) is 11.1 Å². The van der Waals surface area contributed by atoms with E-state index < -0.39 is 0 Å². The monoisotopic (exact) mass is 640 g/mol. The molecule has 2 atom stereocenters. The van der Waals surface area contributed by atoms with Gasteiger partial charge in [0, 0.05) is 5.41 Å². The molecule has 11 rings (SSSR count). The summed E-state index contributed by atoms with van der Waals surface area (Å²) in [4.78, 5) is 0. The second-order valence-electron chi connectivity index (χ2n) is 16.3. The molecule has 0 aromatic heterocycles. The lowest BCUT2D eigenvalue weighted by atomic mass is 9.54. The van der Waals surface area contributed by atoms with E-state index in [4.69, 9.17) is 0 Å². The molecule has 0 radical (unpaired) electrons. The van der Waals surface area contributed by atoms with E-state index in [0.717, 1.165) is 0 Å². The maximum atomic E-state index is 2.65. The van der Waals surface area contributed by atoms with E-state index in [9.17, 15) is 0 Å². The standard InChI is InChI=1S/C50H40/c1-48(2)35-24-25-49(48,3)50(30-35)46-28-33(44-26-31-12-4-6-14-36(31)38-16-8-10-18-40(38)44)20-22-42(46)43-23-21-34(29-47(43)50)45-27-32-13-5-7-15-37(32)39-17-9-11-19-41(39)45/h4-23,26-29,35H,24-25,30H2,1-3H3/t35?,49-/m0/s1. The number of hydrogen-bond donors (Lipinski definition) is 0. The van der Waals surface area contributed by atoms with Crippen LogP contribution in [0.15, 0.2) is 146 Å². The summed E-state index contributed by atoms with van der Waals surface area (Å²) in [5.41, 5.74) is 11.7. The minimum atomic E-state index is -0.0323. The zero-order valence-electron chi connectivity index (χ0n) is 29.1. The molecule has 0 heterocycles. The van der Waals surface area contributed by atoms with Gasteiger partial charge in [-0.1, -0.05) is 142 Å². The third-order valence-electron chi connectivity index (χ3n) is 14.3. The van der Waals surface area contributed by atoms with E-state index in [0.29, 0.717) is 5.92 Å². The summed E-state index contributed by atoms with van der Waals surface area (Å²) in [5.74, 6) is 0.710. The second kappa shape index (κ2) is 9.73. The van der Waals surface area contributed by atoms with Gasteiger partial charge in [-0.15, -0.1) is 0 Å². The van der Waals surface area contributed by atoms with Crippen LogP contribution in [0.1, 0.15) is 51.2 Å². The second-order valence-corrected chi connectivity index (χ2v) is 16.3. The number of hydrogen-bond acceptors (Lipinski definition) is 0. The van der Waals surface area contributed by atoms with Crippen LogP contribution in [0.4, 0.5) is 0 Å². The van der Waals surface area contributed by atoms with Crippen molar-refractivity contribution in [2.24, 2.45) is 16.7 Å². The maximum absolute atomic E-state index is 2.65. The summed E-state index contributed by atoms with van der Waals surface area (Å²) in [6.45, 7) is 7.81. The number of fused-ring (bicyclic) bond motifs is 14. The van der Waals surface area contributed by atoms with Crippen LogP contribution >= 0.6 is 0 Å². The minimum absolute atomic E-state index is 0.0323. The van der Waals surface area contributed by atoms with Gasteiger partial charge in [0.05, 0.1) is 0 Å². The number of benzene rings is 8. The molecule has 0 amide bonds. The molecule has 0 nitrogen and oxygen atoms in total. The highest BCUT2D eigenvalue weighted by Crippen LogP contribution is 2.78. The molecule has 2 saturated carbocycles. The van der Waals surface area contributed by atoms with Gasteiger partial charge in [-0.25, -0.2) is 0 Å². The molecule has 3 aliphatic carbocycles. The molecular formula is C50H40. The summed E-state index contributed by atoms with van der Waals surface area (Å²) in [5, 5.41) is 10.6. The number of rotatable bonds is 2. The molecule has 1 unspecified atom stereocenters. The summed E-state index contributed by atoms with van der Waals surface area (Å²) in [6, 6.07) is 55.6. The molecule has 8 aromatic rings. The zero-order chi connectivity index (χ0) is 33.4. The van der Waals surface area contributed by atoms with E-state index in [2.05, 4.69) is 166 Å². The lowest BCUT2D eigenvalue weighted by molar-refractivity contribution is 0.0991. The Morgan fingerprint density at radius 3 is 1.32 bits per heavy atom. The molecule has 240 valence electrons. The van der Waals surface area contributed by atoms with E-state index in [-0.39, 0.29) is 16.2 Å². The summed E-state index contributed by atoms with van der Waals surface area (Å²) in [6.07, 6.45) is 3.83. The Bertz CT molecular complexity index is 2570. The van der Waals surface area contributed by atoms with Crippen LogP contribution in [0.3, 0.4) is 0 Å². The van der Waals surface area contributed by atoms with Crippen LogP contribution in [-0.4, -0.2) is 0 Å². The van der Waals surface area contributed by atoms with Crippen molar-refractivity contribution in [2.75, 3.05) is 0 Å². The van der Waals surface area contributed by atoms with Gasteiger partial charge in [-0.05, 0) is 148 Å². The average Bonchev–Trinajstić information content (AvgIpc) is 3.64. The Labute approximate surface area is 294 Å². The fraction of sp³-hybridized carbons (Fsp3) is 0.200. The maximum Gasteiger partial charge on any atom is 0.0277 e. The van der Waals surface area contributed by atoms with E-state index in [1.165, 1.54) is 95.7 Å². The SMILES string of the molecule is CC1(C)C2CC[C@]1(C)C1(C2)c2cc(-c3cc4ccccc4c4ccccc34)ccc2-c2ccc(-c3cc4ccccc4c4ccccc34)cc21. The van der Waals surface area contributed by atoms with Gasteiger partial charge in [0.2, 0.25) is 0 Å². The highest BCUT2D eigenvalue weighted by Gasteiger charge is 2.71. The third-order valence-corrected chi connectivity index (χ3v) is 14.3. The van der Waals surface area contributed by atoms with Crippen LogP contribution in [0.5, 0.6) is 0 Å². The van der Waals surface area contributed by atoms with Crippen molar-refractivity contribution in [3.05, 3.63) is 157 Å². The molecule has 50 heavy (non-hydrogen) atoms. The topological polar surface area (TPSA) is 0 Å². The normalized spacial score (nSPS) is 21.1. The molecule has 8 aromatic carbocycles. The van der Waals surface area contributed by atoms with Gasteiger partial charge in [0.15, 0.2) is 0 Å². The van der Waals surface area contributed by atoms with E-state index >= 15 is 0 Å². The molecule has 2 fully saturated rings. The third kappa shape index (κ3) is 3.42. The first kappa shape index (κ1) is 28.6. The minimum Gasteiger partial charge on any atom is -0.0616 e. The Hall–Kier alpha value is -5.20. The van der Waals surface area contributed by atoms with Crippen LogP contribution in [0.25, 0.3) is 76.5 Å². The molecule has 0 saturated heterocycles. The Kier molecular flexibility index (Phi) is 5.57. The zero-order valence-corrected chi connectivity index (χ0v) is 29.1. The predicted octanol–water partition coefficient (Wildman–Crippen LogP) is 13.7. The smallest absolute Gasteiger partial charge is 0.0277 e. The highest BCUT2D eigenvalue weighted by molar-refractivity contribution is 6.15. The Balaban J connectivity index is 1.18. The highest BCUT2D eigenvalue weighted by atomic mass is 14.7. The van der Waals surface area contributed by atoms with Crippen LogP contribution in [-0.2, 0) is 5.41 Å². The first-order chi connectivity index (χ1) is 24.4. The van der Waals surface area contributed by atoms with Crippen LogP contribution in [0, 0.1) is 16.7 Å². The predicted molar refractivity (Wildman–Crippen MR) is 213 cm³/mol. The van der Waals surface area contributed by atoms with Crippen molar-refractivity contribution in [3.63, 3.8) is 0 Å². The first-order valence-electron chi connectivity index (χ1n) is 18.5. The Morgan fingerprint density at radius 2 is 0.880 bits per heavy atom. The van der Waals surface area contributed by atoms with Crippen molar-refractivity contribution >= 4 is 43.1 Å². The Morgan fingerprint density at radius 1 is 0.440 bits per heavy atom. The lowest BCUT2D eigenvalue weighted by Gasteiger charge is -2.48. The molecule has 2 bridgehead atoms. The van der Waals surface area contributed by atoms with Crippen LogP contribution < -0.4 is 0 Å². The largest absolute Gasteiger partial charge is 0.0616 e. The molecular weight excluding hydrogens is 601 g/mol. The first-order valence-corrected chi connectivity index (χ1v) is 18.5. The van der Waals surface area contributed by atoms with Crippen molar-refractivity contribution < 1.29 is 0 Å². The molecule has 1 spiro atoms. The van der Waals surface area contributed by atoms with Crippen molar-refractivity contribution in [1.29, 1.82) is 0 Å². The van der Waals surface area contributed by atoms with Gasteiger partial charge < -0.3 is 0 Å². The summed E-state index contributed by atoms with van der Waals surface area (Å²) >= 11 is 0. The van der Waals surface area contributed by atoms with Gasteiger partial charge >= 0.3 is 0 Å². The van der Waals surface area contributed by atoms with Crippen molar-refractivity contribution in [2.45, 2.75) is 45.4 Å². The van der Waals surface area contributed by atoms with Gasteiger partial charge in [-0.2, -0.15) is 0 Å².